The molecular weight excluding hydrogens is 516 g/mol. The minimum absolute atomic E-state index is 0.0196. The predicted octanol–water partition coefficient (Wildman–Crippen LogP) is 8.89. The Balaban J connectivity index is 1.32. The third kappa shape index (κ3) is 4.42. The van der Waals surface area contributed by atoms with Crippen molar-refractivity contribution < 1.29 is 9.30 Å². The highest BCUT2D eigenvalue weighted by Crippen LogP contribution is 2.36. The second kappa shape index (κ2) is 9.88. The number of pyridine rings is 1. The molecule has 7 aromatic rings. The van der Waals surface area contributed by atoms with E-state index in [9.17, 15) is 0 Å². The van der Waals surface area contributed by atoms with Crippen LogP contribution in [0.1, 0.15) is 39.3 Å². The molecule has 1 atom stereocenters. The molecule has 3 aromatic heterocycles. The molecule has 42 heavy (non-hydrogen) atoms. The van der Waals surface area contributed by atoms with E-state index in [-0.39, 0.29) is 11.5 Å². The van der Waals surface area contributed by atoms with E-state index in [1.165, 1.54) is 16.3 Å². The van der Waals surface area contributed by atoms with E-state index in [2.05, 4.69) is 140 Å². The third-order valence-corrected chi connectivity index (χ3v) is 7.95. The van der Waals surface area contributed by atoms with Gasteiger partial charge in [0, 0.05) is 29.1 Å². The van der Waals surface area contributed by atoms with E-state index >= 15 is 0 Å². The number of fused-ring (bicyclic) bond motifs is 4. The van der Waals surface area contributed by atoms with Crippen molar-refractivity contribution in [2.45, 2.75) is 39.2 Å². The topological polar surface area (TPSA) is 35.9 Å². The van der Waals surface area contributed by atoms with Crippen molar-refractivity contribution in [3.8, 4) is 23.0 Å². The molecule has 208 valence electrons. The Morgan fingerprint density at radius 3 is 2.31 bits per heavy atom. The zero-order valence-corrected chi connectivity index (χ0v) is 24.5. The van der Waals surface area contributed by atoms with Crippen molar-refractivity contribution in [1.29, 1.82) is 0 Å². The number of aromatic nitrogens is 4. The second-order valence-electron chi connectivity index (χ2n) is 12.0. The first kappa shape index (κ1) is 26.0. The maximum atomic E-state index is 6.51. The standard InChI is InChI=1S/C37H34N4O/c1-25(2)39-24-40(34-16-9-8-15-33(34)39)27-11-10-12-28(22-27)42-29-17-18-31-30-13-6-7-14-32(30)41(35(31)23-29)36-21-26(19-20-38-36)37(3,4)5/h6-25H,1H2,2-5H3. The fourth-order valence-electron chi connectivity index (χ4n) is 5.79. The molecule has 0 aliphatic carbocycles. The van der Waals surface area contributed by atoms with Gasteiger partial charge in [-0.05, 0) is 71.6 Å². The number of hydrogen-bond acceptors (Lipinski definition) is 2. The molecule has 3 heterocycles. The number of benzene rings is 4. The summed E-state index contributed by atoms with van der Waals surface area (Å²) in [7, 11) is 0. The largest absolute Gasteiger partial charge is 0.457 e. The molecular formula is C37H34N4O. The first-order chi connectivity index (χ1) is 20.3. The van der Waals surface area contributed by atoms with Crippen molar-refractivity contribution in [3.63, 3.8) is 0 Å². The van der Waals surface area contributed by atoms with Gasteiger partial charge in [-0.15, -0.1) is 0 Å². The minimum Gasteiger partial charge on any atom is -0.457 e. The van der Waals surface area contributed by atoms with Gasteiger partial charge in [0.05, 0.1) is 11.0 Å². The number of para-hydroxylation sites is 3. The van der Waals surface area contributed by atoms with E-state index in [1.807, 2.05) is 24.4 Å². The molecule has 0 amide bonds. The van der Waals surface area contributed by atoms with E-state index in [0.29, 0.717) is 0 Å². The van der Waals surface area contributed by atoms with Crippen molar-refractivity contribution in [3.05, 3.63) is 128 Å². The lowest BCUT2D eigenvalue weighted by Gasteiger charge is -2.20. The molecule has 0 radical (unpaired) electrons. The highest BCUT2D eigenvalue weighted by Gasteiger charge is 2.19. The van der Waals surface area contributed by atoms with Gasteiger partial charge in [-0.1, -0.05) is 64.1 Å². The van der Waals surface area contributed by atoms with Gasteiger partial charge in [-0.2, -0.15) is 4.57 Å². The number of imidazole rings is 1. The Hall–Kier alpha value is -4.90. The third-order valence-electron chi connectivity index (χ3n) is 7.95. The lowest BCUT2D eigenvalue weighted by molar-refractivity contribution is -0.685. The average Bonchev–Trinajstić information content (AvgIpc) is 3.53. The highest BCUT2D eigenvalue weighted by atomic mass is 16.5. The average molecular weight is 551 g/mol. The Bertz CT molecular complexity index is 2090. The smallest absolute Gasteiger partial charge is 0.247 e. The van der Waals surface area contributed by atoms with Gasteiger partial charge in [0.15, 0.2) is 11.0 Å². The van der Waals surface area contributed by atoms with E-state index in [0.717, 1.165) is 45.1 Å². The van der Waals surface area contributed by atoms with Crippen LogP contribution in [0.15, 0.2) is 116 Å². The van der Waals surface area contributed by atoms with Crippen LogP contribution in [0.4, 0.5) is 0 Å². The number of rotatable bonds is 5. The quantitative estimate of drug-likeness (QED) is 0.158. The van der Waals surface area contributed by atoms with Crippen molar-refractivity contribution in [1.82, 2.24) is 14.1 Å². The molecule has 0 bridgehead atoms. The van der Waals surface area contributed by atoms with Gasteiger partial charge in [-0.3, -0.25) is 16.1 Å². The van der Waals surface area contributed by atoms with Gasteiger partial charge in [0.1, 0.15) is 23.0 Å². The Morgan fingerprint density at radius 2 is 1.50 bits per heavy atom. The monoisotopic (exact) mass is 550 g/mol. The molecule has 7 rings (SSSR count). The molecule has 5 nitrogen and oxygen atoms in total. The van der Waals surface area contributed by atoms with Crippen LogP contribution in [-0.4, -0.2) is 14.1 Å². The van der Waals surface area contributed by atoms with Gasteiger partial charge >= 0.3 is 0 Å². The maximum Gasteiger partial charge on any atom is 0.247 e. The van der Waals surface area contributed by atoms with Gasteiger partial charge in [0.25, 0.3) is 0 Å². The SMILES string of the molecule is [CH2-]C(C)[n+]1cn(-c2cccc(Oc3ccc4c5ccccc5n(-c5cc(C(C)(C)C)ccn5)c4c3)c2)c2ccccc21. The van der Waals surface area contributed by atoms with Crippen LogP contribution in [0, 0.1) is 6.92 Å². The Kier molecular flexibility index (Phi) is 6.12. The fourth-order valence-corrected chi connectivity index (χ4v) is 5.79. The normalized spacial score (nSPS) is 12.8. The fraction of sp³-hybridized carbons (Fsp3) is 0.162. The van der Waals surface area contributed by atoms with Crippen LogP contribution >= 0.6 is 0 Å². The minimum atomic E-state index is 0.0196. The van der Waals surface area contributed by atoms with Crippen LogP contribution in [0.5, 0.6) is 11.5 Å². The lowest BCUT2D eigenvalue weighted by atomic mass is 9.88. The number of ether oxygens (including phenoxy) is 1. The van der Waals surface area contributed by atoms with Crippen LogP contribution in [-0.2, 0) is 5.41 Å². The summed E-state index contributed by atoms with van der Waals surface area (Å²) in [4.78, 5) is 4.81. The summed E-state index contributed by atoms with van der Waals surface area (Å²) >= 11 is 0. The van der Waals surface area contributed by atoms with E-state index in [1.54, 1.807) is 0 Å². The maximum absolute atomic E-state index is 6.51. The molecule has 5 heteroatoms. The Labute approximate surface area is 246 Å². The van der Waals surface area contributed by atoms with Gasteiger partial charge in [-0.25, -0.2) is 4.98 Å². The summed E-state index contributed by atoms with van der Waals surface area (Å²) in [6.45, 7) is 13.0. The van der Waals surface area contributed by atoms with Crippen LogP contribution < -0.4 is 9.30 Å². The molecule has 0 aliphatic heterocycles. The van der Waals surface area contributed by atoms with Gasteiger partial charge < -0.3 is 4.74 Å². The molecule has 0 saturated heterocycles. The Morgan fingerprint density at radius 1 is 0.762 bits per heavy atom. The molecule has 4 aromatic carbocycles. The molecule has 1 unspecified atom stereocenters. The van der Waals surface area contributed by atoms with Gasteiger partial charge in [0.2, 0.25) is 6.33 Å². The second-order valence-corrected chi connectivity index (χ2v) is 12.0. The first-order valence-electron chi connectivity index (χ1n) is 14.4. The van der Waals surface area contributed by atoms with Crippen molar-refractivity contribution in [2.75, 3.05) is 0 Å². The molecule has 0 N–H and O–H groups in total. The van der Waals surface area contributed by atoms with Crippen molar-refractivity contribution in [2.24, 2.45) is 0 Å². The summed E-state index contributed by atoms with van der Waals surface area (Å²) in [6.07, 6.45) is 4.02. The highest BCUT2D eigenvalue weighted by molar-refractivity contribution is 6.09. The van der Waals surface area contributed by atoms with Crippen LogP contribution in [0.3, 0.4) is 0 Å². The van der Waals surface area contributed by atoms with E-state index < -0.39 is 0 Å². The lowest BCUT2D eigenvalue weighted by Crippen LogP contribution is -2.34. The molecule has 0 spiro atoms. The van der Waals surface area contributed by atoms with Crippen LogP contribution in [0.25, 0.3) is 44.3 Å². The molecule has 0 saturated carbocycles. The summed E-state index contributed by atoms with van der Waals surface area (Å²) in [5, 5.41) is 2.36. The first-order valence-corrected chi connectivity index (χ1v) is 14.4. The zero-order valence-electron chi connectivity index (χ0n) is 24.5. The van der Waals surface area contributed by atoms with Crippen molar-refractivity contribution >= 4 is 32.8 Å². The summed E-state index contributed by atoms with van der Waals surface area (Å²) < 4.78 is 13.1. The number of hydrogen-bond donors (Lipinski definition) is 0. The molecule has 0 fully saturated rings. The van der Waals surface area contributed by atoms with Crippen LogP contribution in [0.2, 0.25) is 0 Å². The summed E-state index contributed by atoms with van der Waals surface area (Å²) in [5.41, 5.74) is 6.75. The molecule has 0 aliphatic rings. The summed E-state index contributed by atoms with van der Waals surface area (Å²) in [5.74, 6) is 2.45. The zero-order chi connectivity index (χ0) is 29.0. The predicted molar refractivity (Wildman–Crippen MR) is 171 cm³/mol. The summed E-state index contributed by atoms with van der Waals surface area (Å²) in [6, 6.07) is 35.9. The van der Waals surface area contributed by atoms with E-state index in [4.69, 9.17) is 9.72 Å². The number of nitrogens with zero attached hydrogens (tertiary/aromatic N) is 4.